The number of ether oxygens (including phenoxy) is 1. The lowest BCUT2D eigenvalue weighted by Crippen LogP contribution is -2.23. The highest BCUT2D eigenvalue weighted by atomic mass is 35.5. The van der Waals surface area contributed by atoms with Crippen LogP contribution in [0.25, 0.3) is 11.3 Å². The molecular formula is C20H16Cl2N2O3. The van der Waals surface area contributed by atoms with Gasteiger partial charge in [0.2, 0.25) is 0 Å². The summed E-state index contributed by atoms with van der Waals surface area (Å²) in [5.41, 5.74) is 3.01. The van der Waals surface area contributed by atoms with Crippen LogP contribution in [0.4, 0.5) is 0 Å². The summed E-state index contributed by atoms with van der Waals surface area (Å²) in [5.74, 6) is 1.23. The Morgan fingerprint density at radius 2 is 2.07 bits per heavy atom. The van der Waals surface area contributed by atoms with Crippen LogP contribution in [0, 0.1) is 0 Å². The number of amides is 1. The van der Waals surface area contributed by atoms with Crippen LogP contribution in [0.5, 0.6) is 5.75 Å². The number of nitrogens with zero attached hydrogens (tertiary/aromatic N) is 1. The fourth-order valence-electron chi connectivity index (χ4n) is 3.04. The summed E-state index contributed by atoms with van der Waals surface area (Å²) in [6.07, 6.45) is 1.06. The molecule has 0 fully saturated rings. The Labute approximate surface area is 166 Å². The van der Waals surface area contributed by atoms with Gasteiger partial charge in [0.15, 0.2) is 5.76 Å². The minimum atomic E-state index is -0.323. The normalized spacial score (nSPS) is 15.3. The van der Waals surface area contributed by atoms with E-state index in [1.807, 2.05) is 25.1 Å². The van der Waals surface area contributed by atoms with E-state index in [2.05, 4.69) is 10.5 Å². The number of carbonyl (C=O) groups is 1. The molecule has 138 valence electrons. The molecule has 2 aromatic carbocycles. The molecule has 4 rings (SSSR count). The maximum absolute atomic E-state index is 12.3. The van der Waals surface area contributed by atoms with Crippen LogP contribution in [-0.2, 0) is 13.0 Å². The van der Waals surface area contributed by atoms with Crippen LogP contribution < -0.4 is 10.1 Å². The van der Waals surface area contributed by atoms with Gasteiger partial charge in [-0.05, 0) is 48.9 Å². The standard InChI is InChI=1S/C20H16Cl2N2O3/c1-11-6-13-7-12(2-5-18(13)26-11)19-9-15(24-27-19)10-23-20(25)16-8-14(21)3-4-17(16)22/h2-5,7-9,11H,6,10H2,1H3,(H,23,25). The van der Waals surface area contributed by atoms with Crippen LogP contribution >= 0.6 is 23.2 Å². The van der Waals surface area contributed by atoms with Crippen molar-refractivity contribution in [2.24, 2.45) is 0 Å². The summed E-state index contributed by atoms with van der Waals surface area (Å²) in [6, 6.07) is 12.5. The van der Waals surface area contributed by atoms with Crippen molar-refractivity contribution in [3.63, 3.8) is 0 Å². The van der Waals surface area contributed by atoms with E-state index in [1.54, 1.807) is 18.2 Å². The van der Waals surface area contributed by atoms with Crippen molar-refractivity contribution in [3.8, 4) is 17.1 Å². The molecule has 1 aliphatic heterocycles. The molecule has 1 aliphatic rings. The van der Waals surface area contributed by atoms with Crippen molar-refractivity contribution in [3.05, 3.63) is 69.3 Å². The maximum atomic E-state index is 12.3. The predicted octanol–water partition coefficient (Wildman–Crippen LogP) is 4.90. The Bertz CT molecular complexity index is 1020. The van der Waals surface area contributed by atoms with E-state index in [4.69, 9.17) is 32.5 Å². The molecule has 27 heavy (non-hydrogen) atoms. The Morgan fingerprint density at radius 3 is 2.93 bits per heavy atom. The van der Waals surface area contributed by atoms with Gasteiger partial charge in [0, 0.05) is 23.1 Å². The lowest BCUT2D eigenvalue weighted by atomic mass is 10.1. The minimum absolute atomic E-state index is 0.189. The van der Waals surface area contributed by atoms with Gasteiger partial charge in [-0.2, -0.15) is 0 Å². The summed E-state index contributed by atoms with van der Waals surface area (Å²) in [4.78, 5) is 12.3. The molecule has 1 amide bonds. The lowest BCUT2D eigenvalue weighted by molar-refractivity contribution is 0.0950. The van der Waals surface area contributed by atoms with Crippen LogP contribution in [0.15, 0.2) is 47.0 Å². The Hall–Kier alpha value is -2.50. The summed E-state index contributed by atoms with van der Waals surface area (Å²) in [7, 11) is 0. The molecule has 0 spiro atoms. The summed E-state index contributed by atoms with van der Waals surface area (Å²) in [6.45, 7) is 2.26. The highest BCUT2D eigenvalue weighted by Gasteiger charge is 2.20. The number of rotatable bonds is 4. The average molecular weight is 403 g/mol. The zero-order chi connectivity index (χ0) is 19.0. The van der Waals surface area contributed by atoms with E-state index >= 15 is 0 Å². The minimum Gasteiger partial charge on any atom is -0.490 e. The van der Waals surface area contributed by atoms with Gasteiger partial charge in [0.05, 0.1) is 17.1 Å². The van der Waals surface area contributed by atoms with Crippen LogP contribution in [0.1, 0.15) is 28.5 Å². The van der Waals surface area contributed by atoms with Crippen molar-refractivity contribution in [1.82, 2.24) is 10.5 Å². The third-order valence-electron chi connectivity index (χ3n) is 4.34. The third-order valence-corrected chi connectivity index (χ3v) is 4.91. The SMILES string of the molecule is CC1Cc2cc(-c3cc(CNC(=O)c4cc(Cl)ccc4Cl)no3)ccc2O1. The van der Waals surface area contributed by atoms with Gasteiger partial charge in [0.1, 0.15) is 17.5 Å². The number of aromatic nitrogens is 1. The second-order valence-electron chi connectivity index (χ2n) is 6.44. The van der Waals surface area contributed by atoms with Gasteiger partial charge in [-0.1, -0.05) is 28.4 Å². The smallest absolute Gasteiger partial charge is 0.253 e. The maximum Gasteiger partial charge on any atom is 0.253 e. The van der Waals surface area contributed by atoms with Crippen molar-refractivity contribution in [2.45, 2.75) is 26.0 Å². The summed E-state index contributed by atoms with van der Waals surface area (Å²) in [5, 5.41) is 7.59. The van der Waals surface area contributed by atoms with Crippen LogP contribution in [0.2, 0.25) is 10.0 Å². The van der Waals surface area contributed by atoms with Crippen LogP contribution in [0.3, 0.4) is 0 Å². The molecule has 1 N–H and O–H groups in total. The first-order valence-corrected chi connectivity index (χ1v) is 9.24. The van der Waals surface area contributed by atoms with Crippen LogP contribution in [-0.4, -0.2) is 17.2 Å². The monoisotopic (exact) mass is 402 g/mol. The first-order valence-electron chi connectivity index (χ1n) is 8.48. The Kier molecular flexibility index (Phi) is 4.81. The van der Waals surface area contributed by atoms with Gasteiger partial charge >= 0.3 is 0 Å². The van der Waals surface area contributed by atoms with Crippen molar-refractivity contribution in [2.75, 3.05) is 0 Å². The second kappa shape index (κ2) is 7.25. The molecule has 5 nitrogen and oxygen atoms in total. The molecule has 2 heterocycles. The number of benzene rings is 2. The molecule has 3 aromatic rings. The predicted molar refractivity (Wildman–Crippen MR) is 103 cm³/mol. The van der Waals surface area contributed by atoms with E-state index < -0.39 is 0 Å². The molecule has 1 aromatic heterocycles. The highest BCUT2D eigenvalue weighted by Crippen LogP contribution is 2.33. The topological polar surface area (TPSA) is 64.4 Å². The Morgan fingerprint density at radius 1 is 1.22 bits per heavy atom. The third kappa shape index (κ3) is 3.80. The van der Waals surface area contributed by atoms with E-state index in [1.165, 1.54) is 6.07 Å². The molecule has 0 radical (unpaired) electrons. The number of hydrogen-bond acceptors (Lipinski definition) is 4. The second-order valence-corrected chi connectivity index (χ2v) is 7.29. The number of fused-ring (bicyclic) bond motifs is 1. The molecule has 7 heteroatoms. The molecule has 0 saturated heterocycles. The number of halogens is 2. The van der Waals surface area contributed by atoms with Gasteiger partial charge in [-0.3, -0.25) is 4.79 Å². The largest absolute Gasteiger partial charge is 0.490 e. The molecule has 1 unspecified atom stereocenters. The Balaban J connectivity index is 1.45. The first-order chi connectivity index (χ1) is 13.0. The lowest BCUT2D eigenvalue weighted by Gasteiger charge is -2.05. The first kappa shape index (κ1) is 17.9. The van der Waals surface area contributed by atoms with E-state index in [0.717, 1.165) is 23.3 Å². The molecule has 1 atom stereocenters. The van der Waals surface area contributed by atoms with Gasteiger partial charge in [0.25, 0.3) is 5.91 Å². The van der Waals surface area contributed by atoms with Crippen molar-refractivity contribution in [1.29, 1.82) is 0 Å². The quantitative estimate of drug-likeness (QED) is 0.673. The van der Waals surface area contributed by atoms with E-state index in [-0.39, 0.29) is 18.6 Å². The van der Waals surface area contributed by atoms with Gasteiger partial charge < -0.3 is 14.6 Å². The number of nitrogens with one attached hydrogen (secondary N) is 1. The van der Waals surface area contributed by atoms with E-state index in [0.29, 0.717) is 27.1 Å². The van der Waals surface area contributed by atoms with Gasteiger partial charge in [-0.15, -0.1) is 0 Å². The van der Waals surface area contributed by atoms with Gasteiger partial charge in [-0.25, -0.2) is 0 Å². The molecular weight excluding hydrogens is 387 g/mol. The fraction of sp³-hybridized carbons (Fsp3) is 0.200. The number of carbonyl (C=O) groups excluding carboxylic acids is 1. The average Bonchev–Trinajstić information content (AvgIpc) is 3.26. The molecule has 0 bridgehead atoms. The van der Waals surface area contributed by atoms with Crippen molar-refractivity contribution >= 4 is 29.1 Å². The molecule has 0 aliphatic carbocycles. The zero-order valence-electron chi connectivity index (χ0n) is 14.5. The van der Waals surface area contributed by atoms with Crippen molar-refractivity contribution < 1.29 is 14.1 Å². The van der Waals surface area contributed by atoms with E-state index in [9.17, 15) is 4.79 Å². The molecule has 0 saturated carbocycles. The summed E-state index contributed by atoms with van der Waals surface area (Å²) >= 11 is 12.0. The zero-order valence-corrected chi connectivity index (χ0v) is 16.0. The highest BCUT2D eigenvalue weighted by molar-refractivity contribution is 6.35. The fourth-order valence-corrected chi connectivity index (χ4v) is 3.42. The number of hydrogen-bond donors (Lipinski definition) is 1. The summed E-state index contributed by atoms with van der Waals surface area (Å²) < 4.78 is 11.1.